The summed E-state index contributed by atoms with van der Waals surface area (Å²) >= 11 is 0. The van der Waals surface area contributed by atoms with Crippen molar-refractivity contribution >= 4 is 18.4 Å². The molecule has 0 aliphatic carbocycles. The van der Waals surface area contributed by atoms with Crippen LogP contribution in [0.5, 0.6) is 5.75 Å². The Labute approximate surface area is 158 Å². The second-order valence-electron chi connectivity index (χ2n) is 8.40. The normalized spacial score (nSPS) is 14.1. The molecule has 142 valence electrons. The molecule has 0 aliphatic rings. The first-order valence-electron chi connectivity index (χ1n) is 8.66. The summed E-state index contributed by atoms with van der Waals surface area (Å²) < 4.78 is 36.3. The lowest BCUT2D eigenvalue weighted by Crippen LogP contribution is -2.33. The van der Waals surface area contributed by atoms with Crippen LogP contribution in [-0.4, -0.2) is 16.7 Å². The average Bonchev–Trinajstić information content (AvgIpc) is 2.52. The zero-order chi connectivity index (χ0) is 19.6. The molecule has 0 radical (unpaired) electrons. The van der Waals surface area contributed by atoms with E-state index >= 15 is 0 Å². The molecule has 2 aromatic carbocycles. The molecule has 0 spiro atoms. The largest absolute Gasteiger partial charge is 0.410 e. The van der Waals surface area contributed by atoms with Crippen molar-refractivity contribution < 1.29 is 17.0 Å². The zero-order valence-electron chi connectivity index (χ0n) is 16.3. The summed E-state index contributed by atoms with van der Waals surface area (Å²) in [6.07, 6.45) is -0.0612. The van der Waals surface area contributed by atoms with Crippen molar-refractivity contribution in [2.75, 3.05) is 0 Å². The summed E-state index contributed by atoms with van der Waals surface area (Å²) in [6.45, 7) is 12.9. The minimum absolute atomic E-state index is 0.0612. The van der Waals surface area contributed by atoms with Gasteiger partial charge in [0.2, 0.25) is 0 Å². The predicted molar refractivity (Wildman–Crippen MR) is 107 cm³/mol. The van der Waals surface area contributed by atoms with E-state index in [-0.39, 0.29) is 16.4 Å². The molecule has 0 aliphatic heterocycles. The van der Waals surface area contributed by atoms with Crippen molar-refractivity contribution in [2.45, 2.75) is 51.4 Å². The Balaban J connectivity index is 2.24. The summed E-state index contributed by atoms with van der Waals surface area (Å²) in [6, 6.07) is 15.3. The van der Waals surface area contributed by atoms with Gasteiger partial charge in [0.05, 0.1) is 6.10 Å². The molecular formula is C20H28O4SSi. The summed E-state index contributed by atoms with van der Waals surface area (Å²) in [7, 11) is -5.56. The Morgan fingerprint density at radius 1 is 0.885 bits per heavy atom. The van der Waals surface area contributed by atoms with Crippen molar-refractivity contribution in [1.29, 1.82) is 0 Å². The van der Waals surface area contributed by atoms with Gasteiger partial charge in [0.15, 0.2) is 8.32 Å². The summed E-state index contributed by atoms with van der Waals surface area (Å²) in [5.41, 5.74) is 0.947. The fraction of sp³-hybridized carbons (Fsp3) is 0.400. The van der Waals surface area contributed by atoms with E-state index in [4.69, 9.17) is 8.61 Å². The first-order chi connectivity index (χ1) is 11.9. The molecular weight excluding hydrogens is 364 g/mol. The lowest BCUT2D eigenvalue weighted by Gasteiger charge is -2.36. The van der Waals surface area contributed by atoms with Gasteiger partial charge >= 0.3 is 10.1 Å². The van der Waals surface area contributed by atoms with Crippen molar-refractivity contribution in [3.05, 3.63) is 60.2 Å². The SMILES string of the molecule is CC(C)(C)C(O[Si](C)(C)C)c1ccc(OS(=O)(=O)c2ccccc2)cc1. The van der Waals surface area contributed by atoms with Crippen LogP contribution in [0.1, 0.15) is 32.4 Å². The van der Waals surface area contributed by atoms with Crippen LogP contribution in [0.2, 0.25) is 19.6 Å². The van der Waals surface area contributed by atoms with E-state index in [1.54, 1.807) is 30.3 Å². The second-order valence-corrected chi connectivity index (χ2v) is 14.4. The van der Waals surface area contributed by atoms with Gasteiger partial charge in [-0.25, -0.2) is 0 Å². The molecule has 0 saturated carbocycles. The van der Waals surface area contributed by atoms with Crippen LogP contribution in [0.4, 0.5) is 0 Å². The smallest absolute Gasteiger partial charge is 0.339 e. The third-order valence-electron chi connectivity index (χ3n) is 3.68. The van der Waals surface area contributed by atoms with E-state index in [0.717, 1.165) is 5.56 Å². The highest BCUT2D eigenvalue weighted by Gasteiger charge is 2.31. The van der Waals surface area contributed by atoms with Crippen LogP contribution in [-0.2, 0) is 14.5 Å². The van der Waals surface area contributed by atoms with E-state index in [2.05, 4.69) is 40.4 Å². The Morgan fingerprint density at radius 2 is 1.42 bits per heavy atom. The van der Waals surface area contributed by atoms with Crippen LogP contribution in [0.3, 0.4) is 0 Å². The van der Waals surface area contributed by atoms with Gasteiger partial charge in [-0.15, -0.1) is 0 Å². The molecule has 0 saturated heterocycles. The van der Waals surface area contributed by atoms with Crippen molar-refractivity contribution in [3.8, 4) is 5.75 Å². The minimum Gasteiger partial charge on any atom is -0.410 e. The minimum atomic E-state index is -3.83. The first kappa shape index (κ1) is 20.7. The van der Waals surface area contributed by atoms with Crippen LogP contribution < -0.4 is 4.18 Å². The monoisotopic (exact) mass is 392 g/mol. The van der Waals surface area contributed by atoms with Gasteiger partial charge in [-0.2, -0.15) is 8.42 Å². The molecule has 2 rings (SSSR count). The van der Waals surface area contributed by atoms with E-state index in [1.807, 2.05) is 12.1 Å². The maximum absolute atomic E-state index is 12.3. The van der Waals surface area contributed by atoms with Crippen LogP contribution in [0.15, 0.2) is 59.5 Å². The van der Waals surface area contributed by atoms with E-state index < -0.39 is 18.4 Å². The van der Waals surface area contributed by atoms with Crippen LogP contribution >= 0.6 is 0 Å². The first-order valence-corrected chi connectivity index (χ1v) is 13.5. The molecule has 2 aromatic rings. The summed E-state index contributed by atoms with van der Waals surface area (Å²) in [5, 5.41) is 0. The molecule has 0 fully saturated rings. The van der Waals surface area contributed by atoms with Crippen LogP contribution in [0, 0.1) is 5.41 Å². The molecule has 6 heteroatoms. The standard InChI is InChI=1S/C20H28O4SSi/c1-20(2,3)19(24-26(4,5)6)16-12-14-17(15-13-16)23-25(21,22)18-10-8-7-9-11-18/h7-15,19H,1-6H3. The van der Waals surface area contributed by atoms with Gasteiger partial charge in [-0.05, 0) is 54.9 Å². The van der Waals surface area contributed by atoms with Gasteiger partial charge in [0.25, 0.3) is 0 Å². The number of hydrogen-bond acceptors (Lipinski definition) is 4. The molecule has 0 aromatic heterocycles. The highest BCUT2D eigenvalue weighted by molar-refractivity contribution is 7.87. The van der Waals surface area contributed by atoms with E-state index in [1.165, 1.54) is 12.1 Å². The molecule has 1 unspecified atom stereocenters. The maximum atomic E-state index is 12.3. The molecule has 26 heavy (non-hydrogen) atoms. The fourth-order valence-electron chi connectivity index (χ4n) is 2.56. The lowest BCUT2D eigenvalue weighted by atomic mass is 9.85. The maximum Gasteiger partial charge on any atom is 0.339 e. The van der Waals surface area contributed by atoms with Crippen molar-refractivity contribution in [2.24, 2.45) is 5.41 Å². The lowest BCUT2D eigenvalue weighted by molar-refractivity contribution is 0.0798. The van der Waals surface area contributed by atoms with Crippen molar-refractivity contribution in [3.63, 3.8) is 0 Å². The third kappa shape index (κ3) is 5.69. The molecule has 0 heterocycles. The third-order valence-corrected chi connectivity index (χ3v) is 5.88. The molecule has 0 amide bonds. The Kier molecular flexibility index (Phi) is 6.00. The van der Waals surface area contributed by atoms with Crippen molar-refractivity contribution in [1.82, 2.24) is 0 Å². The number of benzene rings is 2. The zero-order valence-corrected chi connectivity index (χ0v) is 18.1. The molecule has 0 N–H and O–H groups in total. The van der Waals surface area contributed by atoms with Gasteiger partial charge in [-0.3, -0.25) is 0 Å². The Hall–Kier alpha value is -1.63. The topological polar surface area (TPSA) is 52.6 Å². The van der Waals surface area contributed by atoms with E-state index in [0.29, 0.717) is 5.75 Å². The summed E-state index contributed by atoms with van der Waals surface area (Å²) in [4.78, 5) is 0.138. The van der Waals surface area contributed by atoms with Gasteiger partial charge in [0, 0.05) is 0 Å². The Morgan fingerprint density at radius 3 is 1.88 bits per heavy atom. The number of hydrogen-bond donors (Lipinski definition) is 0. The van der Waals surface area contributed by atoms with Gasteiger partial charge in [-0.1, -0.05) is 51.1 Å². The predicted octanol–water partition coefficient (Wildman–Crippen LogP) is 5.39. The van der Waals surface area contributed by atoms with Gasteiger partial charge in [0.1, 0.15) is 10.6 Å². The summed E-state index contributed by atoms with van der Waals surface area (Å²) in [5.74, 6) is 0.290. The Bertz CT molecular complexity index is 817. The highest BCUT2D eigenvalue weighted by Crippen LogP contribution is 2.38. The number of rotatable bonds is 6. The average molecular weight is 393 g/mol. The molecule has 0 bridgehead atoms. The van der Waals surface area contributed by atoms with E-state index in [9.17, 15) is 8.42 Å². The fourth-order valence-corrected chi connectivity index (χ4v) is 4.71. The quantitative estimate of drug-likeness (QED) is 0.488. The van der Waals surface area contributed by atoms with Gasteiger partial charge < -0.3 is 8.61 Å². The second kappa shape index (κ2) is 7.54. The molecule has 4 nitrogen and oxygen atoms in total. The highest BCUT2D eigenvalue weighted by atomic mass is 32.2. The van der Waals surface area contributed by atoms with Crippen LogP contribution in [0.25, 0.3) is 0 Å². The molecule has 1 atom stereocenters.